The summed E-state index contributed by atoms with van der Waals surface area (Å²) >= 11 is 0. The molecule has 0 atom stereocenters. The summed E-state index contributed by atoms with van der Waals surface area (Å²) in [7, 11) is 0. The van der Waals surface area contributed by atoms with Gasteiger partial charge in [-0.15, -0.1) is 0 Å². The lowest BCUT2D eigenvalue weighted by Gasteiger charge is -2.28. The van der Waals surface area contributed by atoms with E-state index >= 15 is 0 Å². The minimum Gasteiger partial charge on any atom is -0.456 e. The topological polar surface area (TPSA) is 16.4 Å². The van der Waals surface area contributed by atoms with Gasteiger partial charge < -0.3 is 9.32 Å². The van der Waals surface area contributed by atoms with E-state index in [4.69, 9.17) is 4.42 Å². The first-order valence-corrected chi connectivity index (χ1v) is 17.8. The van der Waals surface area contributed by atoms with Gasteiger partial charge in [-0.2, -0.15) is 0 Å². The van der Waals surface area contributed by atoms with E-state index in [1.54, 1.807) is 0 Å². The van der Waals surface area contributed by atoms with Crippen LogP contribution < -0.4 is 4.90 Å². The number of hydrogen-bond donors (Lipinski definition) is 0. The van der Waals surface area contributed by atoms with Gasteiger partial charge in [-0.05, 0) is 98.1 Å². The van der Waals surface area contributed by atoms with E-state index < -0.39 is 0 Å². The number of para-hydroxylation sites is 1. The summed E-state index contributed by atoms with van der Waals surface area (Å²) in [5, 5.41) is 7.20. The van der Waals surface area contributed by atoms with Gasteiger partial charge in [0.05, 0.1) is 5.69 Å². The Balaban J connectivity index is 1.07. The van der Waals surface area contributed by atoms with Crippen LogP contribution in [0.25, 0.3) is 76.9 Å². The molecule has 0 bridgehead atoms. The molecule has 0 aliphatic heterocycles. The summed E-state index contributed by atoms with van der Waals surface area (Å²) in [6.45, 7) is 0. The van der Waals surface area contributed by atoms with Crippen molar-refractivity contribution in [3.8, 4) is 33.4 Å². The van der Waals surface area contributed by atoms with Gasteiger partial charge >= 0.3 is 0 Å². The Morgan fingerprint density at radius 3 is 1.52 bits per heavy atom. The summed E-state index contributed by atoms with van der Waals surface area (Å²) in [6, 6.07) is 71.8. The van der Waals surface area contributed by atoms with Crippen LogP contribution in [0.4, 0.5) is 17.1 Å². The normalized spacial score (nSPS) is 11.5. The first kappa shape index (κ1) is 30.0. The number of fused-ring (bicyclic) bond motifs is 6. The lowest BCUT2D eigenvalue weighted by atomic mass is 9.98. The molecule has 244 valence electrons. The molecule has 0 saturated carbocycles. The number of hydrogen-bond acceptors (Lipinski definition) is 2. The van der Waals surface area contributed by atoms with E-state index in [-0.39, 0.29) is 0 Å². The zero-order valence-electron chi connectivity index (χ0n) is 28.4. The first-order chi connectivity index (χ1) is 25.8. The number of nitrogens with zero attached hydrogens (tertiary/aromatic N) is 1. The fourth-order valence-electron chi connectivity index (χ4n) is 7.65. The second-order valence-electron chi connectivity index (χ2n) is 13.3. The smallest absolute Gasteiger partial charge is 0.135 e. The monoisotopic (exact) mass is 663 g/mol. The molecule has 1 heterocycles. The molecule has 0 radical (unpaired) electrons. The van der Waals surface area contributed by atoms with E-state index in [9.17, 15) is 0 Å². The van der Waals surface area contributed by atoms with Crippen LogP contribution in [0, 0.1) is 0 Å². The van der Waals surface area contributed by atoms with Crippen molar-refractivity contribution in [3.05, 3.63) is 200 Å². The van der Waals surface area contributed by atoms with Crippen molar-refractivity contribution >= 4 is 60.5 Å². The Kier molecular flexibility index (Phi) is 7.18. The van der Waals surface area contributed by atoms with Crippen LogP contribution >= 0.6 is 0 Å². The predicted molar refractivity (Wildman–Crippen MR) is 220 cm³/mol. The Morgan fingerprint density at radius 2 is 0.808 bits per heavy atom. The third-order valence-electron chi connectivity index (χ3n) is 10.3. The largest absolute Gasteiger partial charge is 0.456 e. The standard InChI is InChI=1S/C50H33NO/c1-2-9-34(10-3-1)35-17-19-36(20-18-35)37-23-28-42(29-24-37)51(47-15-8-12-40-22-21-39-11-4-5-13-44(39)50(40)47)43-30-25-38(26-31-43)41-27-32-49-46(33-41)45-14-6-7-16-48(45)52-49/h1-33H. The summed E-state index contributed by atoms with van der Waals surface area (Å²) in [6.07, 6.45) is 0. The highest BCUT2D eigenvalue weighted by Gasteiger charge is 2.18. The van der Waals surface area contributed by atoms with Gasteiger partial charge in [0.15, 0.2) is 0 Å². The fourth-order valence-corrected chi connectivity index (χ4v) is 7.65. The van der Waals surface area contributed by atoms with Crippen molar-refractivity contribution in [2.75, 3.05) is 4.90 Å². The van der Waals surface area contributed by atoms with Gasteiger partial charge in [0.2, 0.25) is 0 Å². The van der Waals surface area contributed by atoms with Gasteiger partial charge in [0.25, 0.3) is 0 Å². The molecule has 0 spiro atoms. The molecule has 2 nitrogen and oxygen atoms in total. The molecular weight excluding hydrogens is 631 g/mol. The van der Waals surface area contributed by atoms with Crippen LogP contribution in [-0.2, 0) is 0 Å². The van der Waals surface area contributed by atoms with Crippen LogP contribution in [0.5, 0.6) is 0 Å². The Bertz CT molecular complexity index is 2870. The van der Waals surface area contributed by atoms with Gasteiger partial charge in [-0.1, -0.05) is 152 Å². The number of benzene rings is 9. The SMILES string of the molecule is c1ccc(-c2ccc(-c3ccc(N(c4ccc(-c5ccc6oc7ccccc7c6c5)cc4)c4cccc5ccc6ccccc6c45)cc3)cc2)cc1. The molecule has 1 aromatic heterocycles. The Morgan fingerprint density at radius 1 is 0.308 bits per heavy atom. The highest BCUT2D eigenvalue weighted by Crippen LogP contribution is 2.43. The second kappa shape index (κ2) is 12.5. The predicted octanol–water partition coefficient (Wildman–Crippen LogP) is 14.4. The second-order valence-corrected chi connectivity index (χ2v) is 13.3. The van der Waals surface area contributed by atoms with E-state index in [0.717, 1.165) is 50.1 Å². The molecule has 0 aliphatic carbocycles. The van der Waals surface area contributed by atoms with Crippen LogP contribution in [-0.4, -0.2) is 0 Å². The lowest BCUT2D eigenvalue weighted by Crippen LogP contribution is -2.10. The quantitative estimate of drug-likeness (QED) is 0.165. The van der Waals surface area contributed by atoms with Gasteiger partial charge in [0, 0.05) is 27.5 Å². The molecule has 0 unspecified atom stereocenters. The van der Waals surface area contributed by atoms with Crippen molar-refractivity contribution in [1.29, 1.82) is 0 Å². The fraction of sp³-hybridized carbons (Fsp3) is 0. The van der Waals surface area contributed by atoms with Gasteiger partial charge in [-0.25, -0.2) is 0 Å². The molecule has 0 fully saturated rings. The van der Waals surface area contributed by atoms with E-state index in [1.807, 2.05) is 12.1 Å². The molecule has 0 amide bonds. The first-order valence-electron chi connectivity index (χ1n) is 17.8. The van der Waals surface area contributed by atoms with Crippen LogP contribution in [0.1, 0.15) is 0 Å². The van der Waals surface area contributed by atoms with Crippen LogP contribution in [0.3, 0.4) is 0 Å². The third kappa shape index (κ3) is 5.21. The molecule has 0 N–H and O–H groups in total. The summed E-state index contributed by atoms with van der Waals surface area (Å²) in [5.74, 6) is 0. The van der Waals surface area contributed by atoms with Crippen LogP contribution in [0.2, 0.25) is 0 Å². The van der Waals surface area contributed by atoms with Crippen LogP contribution in [0.15, 0.2) is 205 Å². The average molecular weight is 664 g/mol. The third-order valence-corrected chi connectivity index (χ3v) is 10.3. The molecule has 2 heteroatoms. The molecule has 9 aromatic carbocycles. The summed E-state index contributed by atoms with van der Waals surface area (Å²) in [5.41, 5.74) is 12.3. The van der Waals surface area contributed by atoms with E-state index in [1.165, 1.54) is 43.8 Å². The molecule has 0 saturated heterocycles. The van der Waals surface area contributed by atoms with Crippen molar-refractivity contribution in [2.45, 2.75) is 0 Å². The van der Waals surface area contributed by atoms with Crippen molar-refractivity contribution in [2.24, 2.45) is 0 Å². The zero-order chi connectivity index (χ0) is 34.4. The minimum absolute atomic E-state index is 0.909. The van der Waals surface area contributed by atoms with Crippen molar-refractivity contribution in [3.63, 3.8) is 0 Å². The molecular formula is C50H33NO. The number of furan rings is 1. The molecule has 10 aromatic rings. The van der Waals surface area contributed by atoms with Gasteiger partial charge in [0.1, 0.15) is 11.2 Å². The maximum absolute atomic E-state index is 6.11. The van der Waals surface area contributed by atoms with Crippen molar-refractivity contribution < 1.29 is 4.42 Å². The number of anilines is 3. The Hall–Kier alpha value is -6.90. The molecule has 0 aliphatic rings. The average Bonchev–Trinajstić information content (AvgIpc) is 3.60. The van der Waals surface area contributed by atoms with E-state index in [2.05, 4.69) is 193 Å². The Labute approximate surface area is 302 Å². The maximum atomic E-state index is 6.11. The molecule has 52 heavy (non-hydrogen) atoms. The highest BCUT2D eigenvalue weighted by atomic mass is 16.3. The zero-order valence-corrected chi connectivity index (χ0v) is 28.4. The van der Waals surface area contributed by atoms with E-state index in [0.29, 0.717) is 0 Å². The summed E-state index contributed by atoms with van der Waals surface area (Å²) in [4.78, 5) is 2.40. The lowest BCUT2D eigenvalue weighted by molar-refractivity contribution is 0.669. The summed E-state index contributed by atoms with van der Waals surface area (Å²) < 4.78 is 6.11. The number of rotatable bonds is 6. The minimum atomic E-state index is 0.909. The molecule has 10 rings (SSSR count). The van der Waals surface area contributed by atoms with Crippen molar-refractivity contribution in [1.82, 2.24) is 0 Å². The highest BCUT2D eigenvalue weighted by molar-refractivity contribution is 6.15. The maximum Gasteiger partial charge on any atom is 0.135 e. The van der Waals surface area contributed by atoms with Gasteiger partial charge in [-0.3, -0.25) is 0 Å².